The quantitative estimate of drug-likeness (QED) is 0.833. The van der Waals surface area contributed by atoms with Crippen molar-refractivity contribution in [3.8, 4) is 11.5 Å². The lowest BCUT2D eigenvalue weighted by Gasteiger charge is -2.32. The Morgan fingerprint density at radius 3 is 2.58 bits per heavy atom. The van der Waals surface area contributed by atoms with Crippen LogP contribution in [0.5, 0.6) is 11.5 Å². The van der Waals surface area contributed by atoms with Crippen LogP contribution >= 0.6 is 0 Å². The fourth-order valence-electron chi connectivity index (χ4n) is 3.06. The highest BCUT2D eigenvalue weighted by Crippen LogP contribution is 2.27. The van der Waals surface area contributed by atoms with E-state index in [9.17, 15) is 4.79 Å². The minimum atomic E-state index is 0.141. The minimum Gasteiger partial charge on any atom is -0.497 e. The molecule has 1 unspecified atom stereocenters. The van der Waals surface area contributed by atoms with Gasteiger partial charge in [-0.05, 0) is 57.5 Å². The molecule has 1 heterocycles. The number of carbonyl (C=O) groups is 1. The summed E-state index contributed by atoms with van der Waals surface area (Å²) in [7, 11) is 3.36. The molecular formula is C19H30N2O3. The fraction of sp³-hybridized carbons (Fsp3) is 0.632. The number of nitrogens with zero attached hydrogens (tertiary/aromatic N) is 1. The molecule has 1 aromatic carbocycles. The fourth-order valence-corrected chi connectivity index (χ4v) is 3.06. The van der Waals surface area contributed by atoms with Crippen molar-refractivity contribution in [1.82, 2.24) is 10.2 Å². The number of ether oxygens (including phenoxy) is 2. The smallest absolute Gasteiger partial charge is 0.223 e. The highest BCUT2D eigenvalue weighted by molar-refractivity contribution is 5.79. The summed E-state index contributed by atoms with van der Waals surface area (Å²) in [5.74, 6) is 2.08. The van der Waals surface area contributed by atoms with Crippen LogP contribution in [0, 0.1) is 5.92 Å². The zero-order chi connectivity index (χ0) is 17.5. The van der Waals surface area contributed by atoms with Crippen LogP contribution in [-0.4, -0.2) is 44.2 Å². The molecule has 1 aromatic rings. The number of hydrogen-bond acceptors (Lipinski definition) is 4. The molecule has 0 spiro atoms. The van der Waals surface area contributed by atoms with Gasteiger partial charge in [0.25, 0.3) is 0 Å². The summed E-state index contributed by atoms with van der Waals surface area (Å²) >= 11 is 0. The van der Waals surface area contributed by atoms with E-state index in [-0.39, 0.29) is 17.9 Å². The Hall–Kier alpha value is -1.75. The Labute approximate surface area is 145 Å². The van der Waals surface area contributed by atoms with E-state index in [2.05, 4.69) is 24.1 Å². The van der Waals surface area contributed by atoms with Gasteiger partial charge in [-0.3, -0.25) is 9.69 Å². The number of rotatable bonds is 7. The maximum Gasteiger partial charge on any atom is 0.223 e. The lowest BCUT2D eigenvalue weighted by atomic mass is 9.95. The SMILES string of the molecule is CCC(C)NC(=O)C1CCN(Cc2cc(OC)ccc2OC)CC1. The number of carbonyl (C=O) groups excluding carboxylic acids is 1. The number of amides is 1. The van der Waals surface area contributed by atoms with Gasteiger partial charge in [-0.1, -0.05) is 6.92 Å². The summed E-state index contributed by atoms with van der Waals surface area (Å²) < 4.78 is 10.8. The van der Waals surface area contributed by atoms with E-state index in [1.165, 1.54) is 0 Å². The van der Waals surface area contributed by atoms with Crippen LogP contribution in [0.15, 0.2) is 18.2 Å². The Morgan fingerprint density at radius 2 is 2.00 bits per heavy atom. The van der Waals surface area contributed by atoms with Crippen molar-refractivity contribution in [2.24, 2.45) is 5.92 Å². The van der Waals surface area contributed by atoms with E-state index in [1.807, 2.05) is 18.2 Å². The predicted octanol–water partition coefficient (Wildman–Crippen LogP) is 2.83. The Morgan fingerprint density at radius 1 is 1.29 bits per heavy atom. The van der Waals surface area contributed by atoms with Crippen LogP contribution in [0.4, 0.5) is 0 Å². The maximum atomic E-state index is 12.3. The maximum absolute atomic E-state index is 12.3. The molecular weight excluding hydrogens is 304 g/mol. The van der Waals surface area contributed by atoms with Crippen LogP contribution in [0.2, 0.25) is 0 Å². The minimum absolute atomic E-state index is 0.141. The van der Waals surface area contributed by atoms with Crippen molar-refractivity contribution >= 4 is 5.91 Å². The first-order chi connectivity index (χ1) is 11.6. The Balaban J connectivity index is 1.90. The molecule has 0 aromatic heterocycles. The molecule has 1 saturated heterocycles. The van der Waals surface area contributed by atoms with E-state index in [1.54, 1.807) is 14.2 Å². The summed E-state index contributed by atoms with van der Waals surface area (Å²) in [6.45, 7) is 6.83. The van der Waals surface area contributed by atoms with E-state index in [4.69, 9.17) is 9.47 Å². The van der Waals surface area contributed by atoms with Crippen molar-refractivity contribution in [3.05, 3.63) is 23.8 Å². The van der Waals surface area contributed by atoms with E-state index < -0.39 is 0 Å². The van der Waals surface area contributed by atoms with Gasteiger partial charge in [0, 0.05) is 24.1 Å². The number of hydrogen-bond donors (Lipinski definition) is 1. The van der Waals surface area contributed by atoms with Gasteiger partial charge >= 0.3 is 0 Å². The first-order valence-corrected chi connectivity index (χ1v) is 8.81. The van der Waals surface area contributed by atoms with E-state index >= 15 is 0 Å². The first-order valence-electron chi connectivity index (χ1n) is 8.81. The standard InChI is InChI=1S/C19H30N2O3/c1-5-14(2)20-19(22)15-8-10-21(11-9-15)13-16-12-17(23-3)6-7-18(16)24-4/h6-7,12,14-15H,5,8-11,13H2,1-4H3,(H,20,22). The van der Waals surface area contributed by atoms with Crippen molar-refractivity contribution in [1.29, 1.82) is 0 Å². The van der Waals surface area contributed by atoms with Gasteiger partial charge in [0.05, 0.1) is 14.2 Å². The number of benzene rings is 1. The van der Waals surface area contributed by atoms with Crippen LogP contribution in [0.25, 0.3) is 0 Å². The predicted molar refractivity (Wildman–Crippen MR) is 95.4 cm³/mol. The Bertz CT molecular complexity index is 539. The van der Waals surface area contributed by atoms with Gasteiger partial charge in [-0.2, -0.15) is 0 Å². The number of nitrogens with one attached hydrogen (secondary N) is 1. The van der Waals surface area contributed by atoms with Crippen molar-refractivity contribution in [2.45, 2.75) is 45.7 Å². The van der Waals surface area contributed by atoms with E-state index in [0.717, 1.165) is 56.0 Å². The highest BCUT2D eigenvalue weighted by Gasteiger charge is 2.26. The largest absolute Gasteiger partial charge is 0.497 e. The summed E-state index contributed by atoms with van der Waals surface area (Å²) in [5, 5.41) is 3.10. The molecule has 0 saturated carbocycles. The first kappa shape index (κ1) is 18.6. The van der Waals surface area contributed by atoms with Crippen LogP contribution in [0.1, 0.15) is 38.7 Å². The normalized spacial score (nSPS) is 17.3. The second-order valence-corrected chi connectivity index (χ2v) is 6.55. The average molecular weight is 334 g/mol. The number of methoxy groups -OCH3 is 2. The lowest BCUT2D eigenvalue weighted by Crippen LogP contribution is -2.42. The third-order valence-electron chi connectivity index (χ3n) is 4.84. The molecule has 5 heteroatoms. The molecule has 24 heavy (non-hydrogen) atoms. The molecule has 1 fully saturated rings. The summed E-state index contributed by atoms with van der Waals surface area (Å²) in [6, 6.07) is 6.14. The molecule has 1 aliphatic heterocycles. The van der Waals surface area contributed by atoms with Gasteiger partial charge in [0.15, 0.2) is 0 Å². The van der Waals surface area contributed by atoms with Crippen LogP contribution in [-0.2, 0) is 11.3 Å². The van der Waals surface area contributed by atoms with Crippen LogP contribution < -0.4 is 14.8 Å². The summed E-state index contributed by atoms with van der Waals surface area (Å²) in [6.07, 6.45) is 2.79. The zero-order valence-corrected chi connectivity index (χ0v) is 15.3. The molecule has 1 aliphatic rings. The highest BCUT2D eigenvalue weighted by atomic mass is 16.5. The van der Waals surface area contributed by atoms with Gasteiger partial charge in [-0.15, -0.1) is 0 Å². The second-order valence-electron chi connectivity index (χ2n) is 6.55. The van der Waals surface area contributed by atoms with E-state index in [0.29, 0.717) is 0 Å². The summed E-state index contributed by atoms with van der Waals surface area (Å²) in [4.78, 5) is 14.6. The third kappa shape index (κ3) is 4.87. The molecule has 1 atom stereocenters. The molecule has 134 valence electrons. The Kier molecular flexibility index (Phi) is 6.91. The van der Waals surface area contributed by atoms with Gasteiger partial charge in [-0.25, -0.2) is 0 Å². The topological polar surface area (TPSA) is 50.8 Å². The van der Waals surface area contributed by atoms with Crippen molar-refractivity contribution in [2.75, 3.05) is 27.3 Å². The van der Waals surface area contributed by atoms with Gasteiger partial charge in [0.2, 0.25) is 5.91 Å². The average Bonchev–Trinajstić information content (AvgIpc) is 2.62. The zero-order valence-electron chi connectivity index (χ0n) is 15.3. The lowest BCUT2D eigenvalue weighted by molar-refractivity contribution is -0.127. The third-order valence-corrected chi connectivity index (χ3v) is 4.84. The van der Waals surface area contributed by atoms with Crippen molar-refractivity contribution in [3.63, 3.8) is 0 Å². The van der Waals surface area contributed by atoms with Crippen LogP contribution in [0.3, 0.4) is 0 Å². The second kappa shape index (κ2) is 8.92. The van der Waals surface area contributed by atoms with Gasteiger partial charge in [0.1, 0.15) is 11.5 Å². The molecule has 1 amide bonds. The number of piperidine rings is 1. The molecule has 0 radical (unpaired) electrons. The summed E-state index contributed by atoms with van der Waals surface area (Å²) in [5.41, 5.74) is 1.12. The molecule has 0 aliphatic carbocycles. The molecule has 0 bridgehead atoms. The molecule has 5 nitrogen and oxygen atoms in total. The van der Waals surface area contributed by atoms with Crippen molar-refractivity contribution < 1.29 is 14.3 Å². The molecule has 2 rings (SSSR count). The monoisotopic (exact) mass is 334 g/mol. The van der Waals surface area contributed by atoms with Gasteiger partial charge < -0.3 is 14.8 Å². The molecule has 1 N–H and O–H groups in total. The number of likely N-dealkylation sites (tertiary alicyclic amines) is 1.